The molecule has 0 aliphatic carbocycles. The standard InChI is InChI=1S/C21H28N4O2/c1-5-7-16-8-10-17(11-9-16)14(3)22-21(26)20-12-19(24-27-20)18-13-25(6-2)23-15(18)4/h8-11,13-14,20H,5-7,12H2,1-4H3,(H,22,26). The number of carbonyl (C=O) groups is 1. The maximum Gasteiger partial charge on any atom is 0.264 e. The lowest BCUT2D eigenvalue weighted by Gasteiger charge is -2.17. The fourth-order valence-corrected chi connectivity index (χ4v) is 3.29. The molecule has 1 amide bonds. The number of amides is 1. The highest BCUT2D eigenvalue weighted by Gasteiger charge is 2.31. The Balaban J connectivity index is 1.58. The van der Waals surface area contributed by atoms with Crippen LogP contribution in [-0.4, -0.2) is 27.5 Å². The number of rotatable bonds is 7. The summed E-state index contributed by atoms with van der Waals surface area (Å²) in [4.78, 5) is 18.0. The van der Waals surface area contributed by atoms with Crippen LogP contribution in [0.4, 0.5) is 0 Å². The average Bonchev–Trinajstić information content (AvgIpc) is 3.29. The Bertz CT molecular complexity index is 823. The fraction of sp³-hybridized carbons (Fsp3) is 0.476. The number of hydrogen-bond acceptors (Lipinski definition) is 4. The minimum Gasteiger partial charge on any atom is -0.382 e. The molecular formula is C21H28N4O2. The van der Waals surface area contributed by atoms with E-state index >= 15 is 0 Å². The Kier molecular flexibility index (Phi) is 5.94. The van der Waals surface area contributed by atoms with Crippen LogP contribution < -0.4 is 5.32 Å². The second-order valence-corrected chi connectivity index (χ2v) is 7.04. The summed E-state index contributed by atoms with van der Waals surface area (Å²) in [7, 11) is 0. The van der Waals surface area contributed by atoms with Gasteiger partial charge in [-0.3, -0.25) is 9.48 Å². The lowest BCUT2D eigenvalue weighted by molar-refractivity contribution is -0.131. The van der Waals surface area contributed by atoms with Gasteiger partial charge in [0.1, 0.15) is 0 Å². The molecule has 2 atom stereocenters. The zero-order chi connectivity index (χ0) is 19.4. The van der Waals surface area contributed by atoms with Crippen molar-refractivity contribution in [1.82, 2.24) is 15.1 Å². The quantitative estimate of drug-likeness (QED) is 0.813. The van der Waals surface area contributed by atoms with Gasteiger partial charge in [0.05, 0.1) is 17.4 Å². The Morgan fingerprint density at radius 1 is 1.33 bits per heavy atom. The number of nitrogens with one attached hydrogen (secondary N) is 1. The molecule has 0 saturated carbocycles. The number of aromatic nitrogens is 2. The number of benzene rings is 1. The van der Waals surface area contributed by atoms with Crippen molar-refractivity contribution in [1.29, 1.82) is 0 Å². The van der Waals surface area contributed by atoms with E-state index in [9.17, 15) is 4.79 Å². The van der Waals surface area contributed by atoms with E-state index in [-0.39, 0.29) is 11.9 Å². The van der Waals surface area contributed by atoms with E-state index < -0.39 is 6.10 Å². The van der Waals surface area contributed by atoms with Gasteiger partial charge in [0.25, 0.3) is 5.91 Å². The van der Waals surface area contributed by atoms with Gasteiger partial charge in [-0.1, -0.05) is 42.8 Å². The normalized spacial score (nSPS) is 17.3. The average molecular weight is 368 g/mol. The second-order valence-electron chi connectivity index (χ2n) is 7.04. The van der Waals surface area contributed by atoms with Gasteiger partial charge in [-0.2, -0.15) is 5.10 Å². The molecule has 1 aromatic heterocycles. The van der Waals surface area contributed by atoms with Crippen LogP contribution in [0.1, 0.15) is 62.0 Å². The van der Waals surface area contributed by atoms with Crippen LogP contribution in [0.2, 0.25) is 0 Å². The lowest BCUT2D eigenvalue weighted by Crippen LogP contribution is -2.36. The van der Waals surface area contributed by atoms with Crippen molar-refractivity contribution in [2.45, 2.75) is 65.6 Å². The maximum atomic E-state index is 12.6. The van der Waals surface area contributed by atoms with Gasteiger partial charge >= 0.3 is 0 Å². The molecule has 6 heteroatoms. The Morgan fingerprint density at radius 2 is 2.07 bits per heavy atom. The van der Waals surface area contributed by atoms with Crippen LogP contribution in [0.15, 0.2) is 35.6 Å². The van der Waals surface area contributed by atoms with E-state index in [0.29, 0.717) is 6.42 Å². The van der Waals surface area contributed by atoms with Crippen molar-refractivity contribution in [2.24, 2.45) is 5.16 Å². The zero-order valence-electron chi connectivity index (χ0n) is 16.5. The molecule has 1 N–H and O–H groups in total. The van der Waals surface area contributed by atoms with Gasteiger partial charge in [0.15, 0.2) is 0 Å². The Labute approximate surface area is 160 Å². The molecule has 2 unspecified atom stereocenters. The summed E-state index contributed by atoms with van der Waals surface area (Å²) < 4.78 is 1.87. The van der Waals surface area contributed by atoms with E-state index in [1.54, 1.807) is 0 Å². The van der Waals surface area contributed by atoms with Crippen LogP contribution in [0.3, 0.4) is 0 Å². The summed E-state index contributed by atoms with van der Waals surface area (Å²) in [5.74, 6) is -0.139. The zero-order valence-corrected chi connectivity index (χ0v) is 16.5. The first-order valence-corrected chi connectivity index (χ1v) is 9.68. The largest absolute Gasteiger partial charge is 0.382 e. The monoisotopic (exact) mass is 368 g/mol. The smallest absolute Gasteiger partial charge is 0.264 e. The lowest BCUT2D eigenvalue weighted by atomic mass is 10.0. The molecule has 1 aliphatic rings. The van der Waals surface area contributed by atoms with E-state index in [2.05, 4.69) is 46.8 Å². The van der Waals surface area contributed by atoms with Gasteiger partial charge in [0, 0.05) is 24.7 Å². The predicted molar refractivity (Wildman–Crippen MR) is 106 cm³/mol. The summed E-state index contributed by atoms with van der Waals surface area (Å²) in [6, 6.07) is 8.34. The first kappa shape index (κ1) is 19.1. The highest BCUT2D eigenvalue weighted by Crippen LogP contribution is 2.21. The van der Waals surface area contributed by atoms with Gasteiger partial charge in [-0.05, 0) is 38.3 Å². The first-order valence-electron chi connectivity index (χ1n) is 9.68. The van der Waals surface area contributed by atoms with E-state index in [1.807, 2.05) is 31.6 Å². The molecule has 0 spiro atoms. The molecule has 27 heavy (non-hydrogen) atoms. The van der Waals surface area contributed by atoms with Crippen molar-refractivity contribution < 1.29 is 9.63 Å². The molecule has 0 bridgehead atoms. The first-order chi connectivity index (χ1) is 13.0. The minimum absolute atomic E-state index is 0.0783. The molecular weight excluding hydrogens is 340 g/mol. The van der Waals surface area contributed by atoms with Crippen LogP contribution >= 0.6 is 0 Å². The molecule has 1 aromatic carbocycles. The highest BCUT2D eigenvalue weighted by molar-refractivity contribution is 6.04. The fourth-order valence-electron chi connectivity index (χ4n) is 3.29. The molecule has 6 nitrogen and oxygen atoms in total. The summed E-state index contributed by atoms with van der Waals surface area (Å²) in [5.41, 5.74) is 5.04. The number of aryl methyl sites for hydroxylation is 3. The van der Waals surface area contributed by atoms with Crippen molar-refractivity contribution in [2.75, 3.05) is 0 Å². The van der Waals surface area contributed by atoms with Crippen LogP contribution in [0, 0.1) is 6.92 Å². The van der Waals surface area contributed by atoms with E-state index in [1.165, 1.54) is 5.56 Å². The molecule has 3 rings (SSSR count). The van der Waals surface area contributed by atoms with E-state index in [0.717, 1.165) is 41.9 Å². The second kappa shape index (κ2) is 8.37. The van der Waals surface area contributed by atoms with Crippen molar-refractivity contribution in [3.05, 3.63) is 52.8 Å². The molecule has 2 aromatic rings. The predicted octanol–water partition coefficient (Wildman–Crippen LogP) is 3.53. The number of nitrogens with zero attached hydrogens (tertiary/aromatic N) is 3. The number of carbonyl (C=O) groups excluding carboxylic acids is 1. The Hall–Kier alpha value is -2.63. The SMILES string of the molecule is CCCc1ccc(C(C)NC(=O)C2CC(c3cn(CC)nc3C)=NO2)cc1. The molecule has 0 fully saturated rings. The van der Waals surface area contributed by atoms with Crippen molar-refractivity contribution >= 4 is 11.6 Å². The molecule has 1 aliphatic heterocycles. The third-order valence-corrected chi connectivity index (χ3v) is 4.92. The third kappa shape index (κ3) is 4.38. The molecule has 0 saturated heterocycles. The van der Waals surface area contributed by atoms with Crippen LogP contribution in [-0.2, 0) is 22.6 Å². The van der Waals surface area contributed by atoms with Gasteiger partial charge in [-0.25, -0.2) is 0 Å². The summed E-state index contributed by atoms with van der Waals surface area (Å²) in [6.07, 6.45) is 4.03. The molecule has 0 radical (unpaired) electrons. The number of oxime groups is 1. The highest BCUT2D eigenvalue weighted by atomic mass is 16.6. The summed E-state index contributed by atoms with van der Waals surface area (Å²) in [5, 5.41) is 11.6. The Morgan fingerprint density at radius 3 is 2.70 bits per heavy atom. The van der Waals surface area contributed by atoms with Gasteiger partial charge in [-0.15, -0.1) is 0 Å². The van der Waals surface area contributed by atoms with Gasteiger partial charge in [0.2, 0.25) is 6.10 Å². The van der Waals surface area contributed by atoms with Crippen LogP contribution in [0.5, 0.6) is 0 Å². The molecule has 2 heterocycles. The third-order valence-electron chi connectivity index (χ3n) is 4.92. The summed E-state index contributed by atoms with van der Waals surface area (Å²) in [6.45, 7) is 8.94. The van der Waals surface area contributed by atoms with Crippen LogP contribution in [0.25, 0.3) is 0 Å². The van der Waals surface area contributed by atoms with Gasteiger partial charge < -0.3 is 10.2 Å². The topological polar surface area (TPSA) is 68.5 Å². The van der Waals surface area contributed by atoms with Crippen molar-refractivity contribution in [3.8, 4) is 0 Å². The van der Waals surface area contributed by atoms with Crippen molar-refractivity contribution in [3.63, 3.8) is 0 Å². The minimum atomic E-state index is -0.591. The van der Waals surface area contributed by atoms with E-state index in [4.69, 9.17) is 4.84 Å². The summed E-state index contributed by atoms with van der Waals surface area (Å²) >= 11 is 0. The number of hydrogen-bond donors (Lipinski definition) is 1. The molecule has 144 valence electrons. The maximum absolute atomic E-state index is 12.6.